The summed E-state index contributed by atoms with van der Waals surface area (Å²) in [5, 5.41) is 9.15. The first-order chi connectivity index (χ1) is 13.8. The molecule has 29 heavy (non-hydrogen) atoms. The van der Waals surface area contributed by atoms with E-state index in [0.29, 0.717) is 17.2 Å². The molecule has 1 aromatic heterocycles. The van der Waals surface area contributed by atoms with Gasteiger partial charge in [0.05, 0.1) is 21.7 Å². The van der Waals surface area contributed by atoms with Crippen molar-refractivity contribution in [2.45, 2.75) is 75.0 Å². The van der Waals surface area contributed by atoms with Crippen molar-refractivity contribution >= 4 is 38.7 Å². The SMILES string of the molecule is CCCCn1c(SCC(=O)N[C@@H]2CCCC[C@H]2C)nc2cc(S(N)(=O)=O)ccc21. The van der Waals surface area contributed by atoms with Crippen LogP contribution >= 0.6 is 11.8 Å². The average Bonchev–Trinajstić information content (AvgIpc) is 3.02. The van der Waals surface area contributed by atoms with E-state index in [4.69, 9.17) is 5.14 Å². The highest BCUT2D eigenvalue weighted by molar-refractivity contribution is 7.99. The van der Waals surface area contributed by atoms with Gasteiger partial charge >= 0.3 is 0 Å². The van der Waals surface area contributed by atoms with E-state index in [0.717, 1.165) is 42.9 Å². The predicted molar refractivity (Wildman–Crippen MR) is 116 cm³/mol. The molecule has 1 amide bonds. The molecule has 3 N–H and O–H groups in total. The van der Waals surface area contributed by atoms with Gasteiger partial charge in [0.15, 0.2) is 5.16 Å². The Morgan fingerprint density at radius 1 is 1.34 bits per heavy atom. The summed E-state index contributed by atoms with van der Waals surface area (Å²) >= 11 is 1.39. The number of thioether (sulfide) groups is 1. The maximum Gasteiger partial charge on any atom is 0.238 e. The topological polar surface area (TPSA) is 107 Å². The molecule has 9 heteroatoms. The molecule has 7 nitrogen and oxygen atoms in total. The Hall–Kier alpha value is -1.58. The lowest BCUT2D eigenvalue weighted by Crippen LogP contribution is -2.41. The number of primary sulfonamides is 1. The van der Waals surface area contributed by atoms with Gasteiger partial charge in [-0.3, -0.25) is 4.79 Å². The van der Waals surface area contributed by atoms with Gasteiger partial charge in [-0.15, -0.1) is 0 Å². The number of imidazole rings is 1. The smallest absolute Gasteiger partial charge is 0.238 e. The molecular weight excluding hydrogens is 408 g/mol. The van der Waals surface area contributed by atoms with Crippen LogP contribution < -0.4 is 10.5 Å². The summed E-state index contributed by atoms with van der Waals surface area (Å²) in [5.74, 6) is 0.831. The molecule has 160 valence electrons. The van der Waals surface area contributed by atoms with Gasteiger partial charge in [0, 0.05) is 12.6 Å². The van der Waals surface area contributed by atoms with E-state index < -0.39 is 10.0 Å². The number of sulfonamides is 1. The Bertz CT molecular complexity index is 972. The van der Waals surface area contributed by atoms with Crippen LogP contribution in [0.25, 0.3) is 11.0 Å². The van der Waals surface area contributed by atoms with Crippen LogP contribution in [0.4, 0.5) is 0 Å². The molecule has 0 radical (unpaired) electrons. The van der Waals surface area contributed by atoms with Crippen molar-refractivity contribution < 1.29 is 13.2 Å². The normalized spacial score (nSPS) is 20.1. The number of aromatic nitrogens is 2. The van der Waals surface area contributed by atoms with E-state index >= 15 is 0 Å². The lowest BCUT2D eigenvalue weighted by atomic mass is 9.86. The molecule has 1 fully saturated rings. The number of nitrogens with two attached hydrogens (primary N) is 1. The predicted octanol–water partition coefficient (Wildman–Crippen LogP) is 3.27. The average molecular weight is 439 g/mol. The summed E-state index contributed by atoms with van der Waals surface area (Å²) in [5.41, 5.74) is 1.44. The van der Waals surface area contributed by atoms with Crippen LogP contribution in [0.3, 0.4) is 0 Å². The first-order valence-electron chi connectivity index (χ1n) is 10.2. The Labute approximate surface area is 176 Å². The molecule has 0 unspecified atom stereocenters. The molecule has 0 saturated heterocycles. The number of nitrogens with one attached hydrogen (secondary N) is 1. The Morgan fingerprint density at radius 2 is 2.10 bits per heavy atom. The molecule has 1 saturated carbocycles. The largest absolute Gasteiger partial charge is 0.352 e. The lowest BCUT2D eigenvalue weighted by Gasteiger charge is -2.29. The van der Waals surface area contributed by atoms with E-state index in [1.54, 1.807) is 6.07 Å². The van der Waals surface area contributed by atoms with Gasteiger partial charge in [0.1, 0.15) is 0 Å². The third-order valence-corrected chi connectivity index (χ3v) is 7.43. The number of aryl methyl sites for hydroxylation is 1. The van der Waals surface area contributed by atoms with Gasteiger partial charge < -0.3 is 9.88 Å². The summed E-state index contributed by atoms with van der Waals surface area (Å²) < 4.78 is 25.4. The number of nitrogens with zero attached hydrogens (tertiary/aromatic N) is 2. The number of hydrogen-bond acceptors (Lipinski definition) is 5. The third-order valence-electron chi connectivity index (χ3n) is 5.54. The highest BCUT2D eigenvalue weighted by Gasteiger charge is 2.23. The van der Waals surface area contributed by atoms with E-state index in [-0.39, 0.29) is 16.8 Å². The van der Waals surface area contributed by atoms with Gasteiger partial charge in [-0.1, -0.05) is 44.9 Å². The van der Waals surface area contributed by atoms with Crippen LogP contribution in [0.2, 0.25) is 0 Å². The number of benzene rings is 1. The minimum atomic E-state index is -3.78. The number of unbranched alkanes of at least 4 members (excludes halogenated alkanes) is 1. The molecule has 1 heterocycles. The molecule has 1 aliphatic rings. The fourth-order valence-electron chi connectivity index (χ4n) is 3.82. The zero-order valence-corrected chi connectivity index (χ0v) is 18.7. The van der Waals surface area contributed by atoms with Crippen molar-refractivity contribution in [2.24, 2.45) is 11.1 Å². The van der Waals surface area contributed by atoms with Gasteiger partial charge in [0.2, 0.25) is 15.9 Å². The molecule has 0 bridgehead atoms. The Morgan fingerprint density at radius 3 is 2.79 bits per heavy atom. The van der Waals surface area contributed by atoms with Crippen LogP contribution in [0.5, 0.6) is 0 Å². The van der Waals surface area contributed by atoms with E-state index in [1.807, 2.05) is 0 Å². The van der Waals surface area contributed by atoms with Crippen molar-refractivity contribution in [3.05, 3.63) is 18.2 Å². The van der Waals surface area contributed by atoms with Crippen LogP contribution in [0.1, 0.15) is 52.4 Å². The second kappa shape index (κ2) is 9.49. The molecule has 3 rings (SSSR count). The van der Waals surface area contributed by atoms with Gasteiger partial charge in [0.25, 0.3) is 0 Å². The molecule has 0 spiro atoms. The summed E-state index contributed by atoms with van der Waals surface area (Å²) in [4.78, 5) is 17.1. The van der Waals surface area contributed by atoms with Gasteiger partial charge in [-0.2, -0.15) is 0 Å². The Balaban J connectivity index is 1.76. The van der Waals surface area contributed by atoms with Crippen molar-refractivity contribution in [3.63, 3.8) is 0 Å². The van der Waals surface area contributed by atoms with Crippen molar-refractivity contribution in [2.75, 3.05) is 5.75 Å². The monoisotopic (exact) mass is 438 g/mol. The van der Waals surface area contributed by atoms with E-state index in [2.05, 4.69) is 28.7 Å². The molecule has 1 aromatic carbocycles. The maximum atomic E-state index is 12.5. The van der Waals surface area contributed by atoms with Crippen molar-refractivity contribution in [3.8, 4) is 0 Å². The van der Waals surface area contributed by atoms with E-state index in [1.165, 1.54) is 36.7 Å². The van der Waals surface area contributed by atoms with Gasteiger partial charge in [-0.05, 0) is 43.4 Å². The summed E-state index contributed by atoms with van der Waals surface area (Å²) in [6.07, 6.45) is 6.62. The maximum absolute atomic E-state index is 12.5. The summed E-state index contributed by atoms with van der Waals surface area (Å²) in [6, 6.07) is 5.01. The molecule has 1 aliphatic carbocycles. The third kappa shape index (κ3) is 5.52. The molecular formula is C20H30N4O3S2. The van der Waals surface area contributed by atoms with Crippen molar-refractivity contribution in [1.82, 2.24) is 14.9 Å². The fraction of sp³-hybridized carbons (Fsp3) is 0.600. The molecule has 2 atom stereocenters. The first-order valence-corrected chi connectivity index (χ1v) is 12.8. The minimum absolute atomic E-state index is 0.0214. The zero-order valence-electron chi connectivity index (χ0n) is 17.1. The quantitative estimate of drug-likeness (QED) is 0.615. The standard InChI is InChI=1S/C20H30N4O3S2/c1-3-4-11-24-18-10-9-15(29(21,26)27)12-17(18)23-20(24)28-13-19(25)22-16-8-6-5-7-14(16)2/h9-10,12,14,16H,3-8,11,13H2,1-2H3,(H,22,25)(H2,21,26,27)/t14-,16-/m1/s1. The fourth-order valence-corrected chi connectivity index (χ4v) is 5.20. The number of fused-ring (bicyclic) bond motifs is 1. The van der Waals surface area contributed by atoms with Crippen LogP contribution in [-0.2, 0) is 21.4 Å². The van der Waals surface area contributed by atoms with Crippen LogP contribution in [-0.4, -0.2) is 35.7 Å². The van der Waals surface area contributed by atoms with E-state index in [9.17, 15) is 13.2 Å². The number of rotatable bonds is 8. The lowest BCUT2D eigenvalue weighted by molar-refractivity contribution is -0.119. The number of amides is 1. The van der Waals surface area contributed by atoms with Crippen LogP contribution in [0, 0.1) is 5.92 Å². The summed E-state index contributed by atoms with van der Waals surface area (Å²) in [6.45, 7) is 5.08. The second-order valence-corrected chi connectivity index (χ2v) is 10.3. The highest BCUT2D eigenvalue weighted by atomic mass is 32.2. The number of carbonyl (C=O) groups is 1. The van der Waals surface area contributed by atoms with Crippen LogP contribution in [0.15, 0.2) is 28.3 Å². The van der Waals surface area contributed by atoms with Gasteiger partial charge in [-0.25, -0.2) is 18.5 Å². The molecule has 2 aromatic rings. The summed E-state index contributed by atoms with van der Waals surface area (Å²) in [7, 11) is -3.78. The number of hydrogen-bond donors (Lipinski definition) is 2. The minimum Gasteiger partial charge on any atom is -0.352 e. The molecule has 0 aliphatic heterocycles. The highest BCUT2D eigenvalue weighted by Crippen LogP contribution is 2.27. The Kier molecular flexibility index (Phi) is 7.23. The second-order valence-electron chi connectivity index (χ2n) is 7.82. The zero-order chi connectivity index (χ0) is 21.0. The first kappa shape index (κ1) is 22.1. The van der Waals surface area contributed by atoms with Crippen molar-refractivity contribution in [1.29, 1.82) is 0 Å². The number of carbonyl (C=O) groups excluding carboxylic acids is 1.